The van der Waals surface area contributed by atoms with Gasteiger partial charge in [-0.2, -0.15) is 15.5 Å². The van der Waals surface area contributed by atoms with Crippen molar-refractivity contribution in [1.82, 2.24) is 14.8 Å². The normalized spacial score (nSPS) is 14.6. The summed E-state index contributed by atoms with van der Waals surface area (Å²) >= 11 is 0. The van der Waals surface area contributed by atoms with Crippen molar-refractivity contribution < 1.29 is 13.6 Å². The van der Waals surface area contributed by atoms with Crippen molar-refractivity contribution in [2.24, 2.45) is 0 Å². The third kappa shape index (κ3) is 4.27. The van der Waals surface area contributed by atoms with Crippen LogP contribution in [-0.2, 0) is 4.79 Å². The first-order chi connectivity index (χ1) is 13.1. The summed E-state index contributed by atoms with van der Waals surface area (Å²) in [4.78, 5) is 22.0. The Morgan fingerprint density at radius 1 is 1.33 bits per heavy atom. The highest BCUT2D eigenvalue weighted by atomic mass is 16.4. The van der Waals surface area contributed by atoms with Crippen LogP contribution in [0.1, 0.15) is 12.1 Å². The van der Waals surface area contributed by atoms with Crippen LogP contribution >= 0.6 is 0 Å². The molecule has 9 heteroatoms. The van der Waals surface area contributed by atoms with Gasteiger partial charge in [-0.1, -0.05) is 0 Å². The number of anilines is 1. The van der Waals surface area contributed by atoms with Gasteiger partial charge in [-0.15, -0.1) is 0 Å². The number of carbonyl (C=O) groups is 1. The summed E-state index contributed by atoms with van der Waals surface area (Å²) in [7, 11) is 1.71. The summed E-state index contributed by atoms with van der Waals surface area (Å²) in [6.45, 7) is 3.33. The molecule has 0 spiro atoms. The number of nitrogens with zero attached hydrogens (tertiary/aromatic N) is 6. The van der Waals surface area contributed by atoms with Crippen molar-refractivity contribution in [3.8, 4) is 23.8 Å². The van der Waals surface area contributed by atoms with Crippen molar-refractivity contribution in [1.29, 1.82) is 10.5 Å². The SMILES string of the molecule is CN(CCC#N)C(=O)CN1CCN(c2oc(-c3ccco3)nc2C#N)CC1. The number of hydrogen-bond donors (Lipinski definition) is 0. The van der Waals surface area contributed by atoms with E-state index in [9.17, 15) is 10.1 Å². The number of carbonyl (C=O) groups excluding carboxylic acids is 1. The van der Waals surface area contributed by atoms with Crippen LogP contribution in [-0.4, -0.2) is 67.0 Å². The minimum absolute atomic E-state index is 0.00353. The van der Waals surface area contributed by atoms with Gasteiger partial charge >= 0.3 is 0 Å². The fourth-order valence-corrected chi connectivity index (χ4v) is 2.87. The summed E-state index contributed by atoms with van der Waals surface area (Å²) in [5.74, 6) is 1.18. The molecular formula is C18H20N6O3. The molecule has 27 heavy (non-hydrogen) atoms. The van der Waals surface area contributed by atoms with Crippen LogP contribution in [0, 0.1) is 22.7 Å². The van der Waals surface area contributed by atoms with Gasteiger partial charge in [0, 0.05) is 39.8 Å². The van der Waals surface area contributed by atoms with Crippen LogP contribution in [0.15, 0.2) is 27.2 Å². The van der Waals surface area contributed by atoms with Crippen molar-refractivity contribution >= 4 is 11.8 Å². The van der Waals surface area contributed by atoms with Crippen LogP contribution in [0.25, 0.3) is 11.7 Å². The molecule has 2 aromatic heterocycles. The molecule has 0 radical (unpaired) electrons. The number of oxazole rings is 1. The Balaban J connectivity index is 1.59. The molecule has 0 N–H and O–H groups in total. The van der Waals surface area contributed by atoms with Crippen molar-refractivity contribution in [3.05, 3.63) is 24.1 Å². The topological polar surface area (TPSA) is 114 Å². The zero-order valence-electron chi connectivity index (χ0n) is 15.1. The van der Waals surface area contributed by atoms with Gasteiger partial charge in [0.05, 0.1) is 25.3 Å². The van der Waals surface area contributed by atoms with Crippen LogP contribution in [0.5, 0.6) is 0 Å². The maximum Gasteiger partial charge on any atom is 0.266 e. The van der Waals surface area contributed by atoms with Crippen LogP contribution in [0.3, 0.4) is 0 Å². The number of likely N-dealkylation sites (N-methyl/N-ethyl adjacent to an activating group) is 1. The molecule has 140 valence electrons. The third-order valence-electron chi connectivity index (χ3n) is 4.45. The molecule has 1 saturated heterocycles. The standard InChI is InChI=1S/C18H20N6O3/c1-22(6-3-5-19)16(25)13-23-7-9-24(10-8-23)18-14(12-20)21-17(27-18)15-4-2-11-26-15/h2,4,11H,3,6-10,13H2,1H3. The van der Waals surface area contributed by atoms with Gasteiger partial charge in [0.1, 0.15) is 6.07 Å². The quantitative estimate of drug-likeness (QED) is 0.749. The molecule has 9 nitrogen and oxygen atoms in total. The summed E-state index contributed by atoms with van der Waals surface area (Å²) in [5, 5.41) is 18.0. The molecule has 2 aromatic rings. The zero-order chi connectivity index (χ0) is 19.2. The molecule has 0 aromatic carbocycles. The Bertz CT molecular complexity index is 853. The number of nitriles is 2. The molecule has 1 fully saturated rings. The zero-order valence-corrected chi connectivity index (χ0v) is 15.1. The Morgan fingerprint density at radius 2 is 2.11 bits per heavy atom. The minimum Gasteiger partial charge on any atom is -0.459 e. The van der Waals surface area contributed by atoms with E-state index >= 15 is 0 Å². The Kier molecular flexibility index (Phi) is 5.74. The first-order valence-corrected chi connectivity index (χ1v) is 8.65. The van der Waals surface area contributed by atoms with Crippen LogP contribution in [0.4, 0.5) is 5.88 Å². The molecule has 3 rings (SSSR count). The molecule has 0 aliphatic carbocycles. The Hall–Kier alpha value is -3.30. The summed E-state index contributed by atoms with van der Waals surface area (Å²) in [6, 6.07) is 7.56. The van der Waals surface area contributed by atoms with E-state index in [1.807, 2.05) is 11.0 Å². The van der Waals surface area contributed by atoms with Gasteiger partial charge in [0.2, 0.25) is 17.5 Å². The van der Waals surface area contributed by atoms with E-state index in [2.05, 4.69) is 16.0 Å². The lowest BCUT2D eigenvalue weighted by molar-refractivity contribution is -0.131. The first-order valence-electron chi connectivity index (χ1n) is 8.65. The van der Waals surface area contributed by atoms with Gasteiger partial charge < -0.3 is 18.6 Å². The highest BCUT2D eigenvalue weighted by Crippen LogP contribution is 2.29. The lowest BCUT2D eigenvalue weighted by Crippen LogP contribution is -2.49. The van der Waals surface area contributed by atoms with Gasteiger partial charge in [-0.25, -0.2) is 0 Å². The minimum atomic E-state index is -0.00353. The second-order valence-electron chi connectivity index (χ2n) is 6.25. The predicted octanol–water partition coefficient (Wildman–Crippen LogP) is 1.30. The highest BCUT2D eigenvalue weighted by Gasteiger charge is 2.26. The summed E-state index contributed by atoms with van der Waals surface area (Å²) < 4.78 is 11.0. The monoisotopic (exact) mass is 368 g/mol. The largest absolute Gasteiger partial charge is 0.459 e. The lowest BCUT2D eigenvalue weighted by atomic mass is 10.3. The maximum absolute atomic E-state index is 12.2. The average molecular weight is 368 g/mol. The highest BCUT2D eigenvalue weighted by molar-refractivity contribution is 5.78. The molecule has 0 saturated carbocycles. The van der Waals surface area contributed by atoms with Crippen molar-refractivity contribution in [3.63, 3.8) is 0 Å². The molecule has 1 aliphatic rings. The third-order valence-corrected chi connectivity index (χ3v) is 4.45. The number of amides is 1. The summed E-state index contributed by atoms with van der Waals surface area (Å²) in [6.07, 6.45) is 1.85. The number of furan rings is 1. The van der Waals surface area contributed by atoms with Crippen molar-refractivity contribution in [2.45, 2.75) is 6.42 Å². The Labute approximate surface area is 157 Å². The Morgan fingerprint density at radius 3 is 2.74 bits per heavy atom. The molecule has 0 bridgehead atoms. The molecule has 1 amide bonds. The first kappa shape index (κ1) is 18.5. The fourth-order valence-electron chi connectivity index (χ4n) is 2.87. The maximum atomic E-state index is 12.2. The molecular weight excluding hydrogens is 348 g/mol. The number of piperazine rings is 1. The van der Waals surface area contributed by atoms with E-state index in [0.29, 0.717) is 57.3 Å². The second-order valence-corrected chi connectivity index (χ2v) is 6.25. The smallest absolute Gasteiger partial charge is 0.266 e. The average Bonchev–Trinajstić information content (AvgIpc) is 3.36. The lowest BCUT2D eigenvalue weighted by Gasteiger charge is -2.34. The molecule has 3 heterocycles. The fraction of sp³-hybridized carbons (Fsp3) is 0.444. The van der Waals surface area contributed by atoms with Gasteiger partial charge in [-0.3, -0.25) is 9.69 Å². The van der Waals surface area contributed by atoms with Gasteiger partial charge in [0.25, 0.3) is 5.89 Å². The number of hydrogen-bond acceptors (Lipinski definition) is 8. The van der Waals surface area contributed by atoms with Gasteiger partial charge in [-0.05, 0) is 12.1 Å². The van der Waals surface area contributed by atoms with E-state index in [-0.39, 0.29) is 17.5 Å². The van der Waals surface area contributed by atoms with Crippen LogP contribution < -0.4 is 4.90 Å². The molecule has 0 unspecified atom stereocenters. The van der Waals surface area contributed by atoms with E-state index in [0.717, 1.165) is 0 Å². The van der Waals surface area contributed by atoms with E-state index < -0.39 is 0 Å². The predicted molar refractivity (Wildman–Crippen MR) is 95.4 cm³/mol. The second kappa shape index (κ2) is 8.39. The number of aromatic nitrogens is 1. The van der Waals surface area contributed by atoms with E-state index in [1.54, 1.807) is 24.1 Å². The van der Waals surface area contributed by atoms with Gasteiger partial charge in [0.15, 0.2) is 5.76 Å². The molecule has 1 aliphatic heterocycles. The van der Waals surface area contributed by atoms with E-state index in [4.69, 9.17) is 14.1 Å². The van der Waals surface area contributed by atoms with Crippen LogP contribution in [0.2, 0.25) is 0 Å². The summed E-state index contributed by atoms with van der Waals surface area (Å²) in [5.41, 5.74) is 0.224. The number of rotatable bonds is 6. The van der Waals surface area contributed by atoms with E-state index in [1.165, 1.54) is 6.26 Å². The molecule has 0 atom stereocenters. The van der Waals surface area contributed by atoms with Crippen molar-refractivity contribution in [2.75, 3.05) is 51.2 Å².